The zero-order chi connectivity index (χ0) is 18.7. The Morgan fingerprint density at radius 2 is 1.85 bits per heavy atom. The molecule has 1 aliphatic heterocycles. The Bertz CT molecular complexity index is 928. The lowest BCUT2D eigenvalue weighted by atomic mass is 10.4. The molecule has 0 aliphatic carbocycles. The normalized spacial score (nSPS) is 16.7. The van der Waals surface area contributed by atoms with Gasteiger partial charge in [-0.2, -0.15) is 9.40 Å². The highest BCUT2D eigenvalue weighted by Gasteiger charge is 2.28. The minimum atomic E-state index is -3.60. The Morgan fingerprint density at radius 1 is 1.19 bits per heavy atom. The van der Waals surface area contributed by atoms with Crippen molar-refractivity contribution in [3.05, 3.63) is 53.8 Å². The molecule has 1 aromatic heterocycles. The summed E-state index contributed by atoms with van der Waals surface area (Å²) >= 11 is 5.37. The molecule has 0 amide bonds. The van der Waals surface area contributed by atoms with Gasteiger partial charge in [-0.1, -0.05) is 6.08 Å². The van der Waals surface area contributed by atoms with E-state index in [0.29, 0.717) is 44.2 Å². The quantitative estimate of drug-likeness (QED) is 0.548. The van der Waals surface area contributed by atoms with Gasteiger partial charge in [-0.05, 0) is 36.5 Å². The van der Waals surface area contributed by atoms with Gasteiger partial charge in [-0.25, -0.2) is 17.5 Å². The van der Waals surface area contributed by atoms with E-state index in [2.05, 4.69) is 16.6 Å². The van der Waals surface area contributed by atoms with Crippen LogP contribution in [0.1, 0.15) is 0 Å². The summed E-state index contributed by atoms with van der Waals surface area (Å²) < 4.78 is 43.8. The van der Waals surface area contributed by atoms with Crippen molar-refractivity contribution in [2.75, 3.05) is 26.2 Å². The molecule has 1 saturated heterocycles. The molecule has 140 valence electrons. The number of hydrogen-bond donors (Lipinski definition) is 0. The second kappa shape index (κ2) is 7.78. The summed E-state index contributed by atoms with van der Waals surface area (Å²) in [6.07, 6.45) is 3.42. The van der Waals surface area contributed by atoms with Gasteiger partial charge in [0.15, 0.2) is 4.77 Å². The molecular weight excluding hydrogens is 377 g/mol. The lowest BCUT2D eigenvalue weighted by Crippen LogP contribution is -2.48. The zero-order valence-electron chi connectivity index (χ0n) is 14.2. The van der Waals surface area contributed by atoms with Gasteiger partial charge < -0.3 is 4.57 Å². The highest BCUT2D eigenvalue weighted by Crippen LogP contribution is 2.18. The Kier molecular flexibility index (Phi) is 5.66. The van der Waals surface area contributed by atoms with Crippen molar-refractivity contribution in [3.63, 3.8) is 0 Å². The zero-order valence-corrected chi connectivity index (χ0v) is 15.8. The van der Waals surface area contributed by atoms with Gasteiger partial charge in [0.1, 0.15) is 12.1 Å². The molecule has 7 nitrogen and oxygen atoms in total. The molecular formula is C16H20FN5O2S2. The lowest BCUT2D eigenvalue weighted by Gasteiger charge is -2.33. The van der Waals surface area contributed by atoms with Crippen LogP contribution in [0.2, 0.25) is 0 Å². The van der Waals surface area contributed by atoms with Crippen LogP contribution in [0.15, 0.2) is 48.1 Å². The number of rotatable bonds is 6. The van der Waals surface area contributed by atoms with Crippen molar-refractivity contribution < 1.29 is 12.8 Å². The SMILES string of the molecule is C=CCn1cnn(CN2CCN(S(=O)(=O)c3ccc(F)cc3)CC2)c1=S. The maximum atomic E-state index is 13.0. The summed E-state index contributed by atoms with van der Waals surface area (Å²) in [6, 6.07) is 4.90. The third-order valence-corrected chi connectivity index (χ3v) is 6.60. The predicted octanol–water partition coefficient (Wildman–Crippen LogP) is 1.70. The van der Waals surface area contributed by atoms with Crippen molar-refractivity contribution in [2.45, 2.75) is 18.1 Å². The average molecular weight is 398 g/mol. The number of nitrogens with zero attached hydrogens (tertiary/aromatic N) is 5. The van der Waals surface area contributed by atoms with Gasteiger partial charge in [0.25, 0.3) is 0 Å². The maximum absolute atomic E-state index is 13.0. The van der Waals surface area contributed by atoms with Crippen LogP contribution < -0.4 is 0 Å². The van der Waals surface area contributed by atoms with E-state index in [4.69, 9.17) is 12.2 Å². The number of benzene rings is 1. The highest BCUT2D eigenvalue weighted by molar-refractivity contribution is 7.89. The van der Waals surface area contributed by atoms with Crippen LogP contribution in [0, 0.1) is 10.6 Å². The molecule has 0 radical (unpaired) electrons. The van der Waals surface area contributed by atoms with E-state index in [1.165, 1.54) is 16.4 Å². The third-order valence-electron chi connectivity index (χ3n) is 4.24. The molecule has 26 heavy (non-hydrogen) atoms. The third kappa shape index (κ3) is 3.93. The molecule has 2 heterocycles. The van der Waals surface area contributed by atoms with Gasteiger partial charge in [0, 0.05) is 32.7 Å². The first kappa shape index (κ1) is 18.9. The molecule has 0 unspecified atom stereocenters. The van der Waals surface area contributed by atoms with Crippen LogP contribution in [0.4, 0.5) is 4.39 Å². The number of sulfonamides is 1. The van der Waals surface area contributed by atoms with Crippen LogP contribution in [0.5, 0.6) is 0 Å². The van der Waals surface area contributed by atoms with E-state index in [9.17, 15) is 12.8 Å². The molecule has 2 aromatic rings. The first-order chi connectivity index (χ1) is 12.4. The van der Waals surface area contributed by atoms with Gasteiger partial charge in [-0.15, -0.1) is 6.58 Å². The molecule has 0 atom stereocenters. The first-order valence-corrected chi connectivity index (χ1v) is 9.98. The minimum Gasteiger partial charge on any atom is -0.303 e. The first-order valence-electron chi connectivity index (χ1n) is 8.13. The van der Waals surface area contributed by atoms with E-state index in [1.54, 1.807) is 17.1 Å². The molecule has 3 rings (SSSR count). The maximum Gasteiger partial charge on any atom is 0.243 e. The summed E-state index contributed by atoms with van der Waals surface area (Å²) in [5.74, 6) is -0.457. The molecule has 1 aliphatic rings. The fourth-order valence-electron chi connectivity index (χ4n) is 2.79. The van der Waals surface area contributed by atoms with Crippen LogP contribution >= 0.6 is 12.2 Å². The van der Waals surface area contributed by atoms with Gasteiger partial charge in [-0.3, -0.25) is 4.90 Å². The van der Waals surface area contributed by atoms with Crippen molar-refractivity contribution in [1.82, 2.24) is 23.6 Å². The lowest BCUT2D eigenvalue weighted by molar-refractivity contribution is 0.144. The van der Waals surface area contributed by atoms with Crippen LogP contribution in [-0.4, -0.2) is 58.1 Å². The Hall–Kier alpha value is -1.88. The fourth-order valence-corrected chi connectivity index (χ4v) is 4.44. The van der Waals surface area contributed by atoms with E-state index in [-0.39, 0.29) is 4.90 Å². The summed E-state index contributed by atoms with van der Waals surface area (Å²) in [5.41, 5.74) is 0. The fraction of sp³-hybridized carbons (Fsp3) is 0.375. The summed E-state index contributed by atoms with van der Waals surface area (Å²) in [7, 11) is -3.60. The van der Waals surface area contributed by atoms with Crippen LogP contribution in [0.25, 0.3) is 0 Å². The molecule has 1 fully saturated rings. The van der Waals surface area contributed by atoms with Crippen LogP contribution in [-0.2, 0) is 23.2 Å². The Balaban J connectivity index is 1.63. The van der Waals surface area contributed by atoms with Gasteiger partial charge in [0.2, 0.25) is 10.0 Å². The summed E-state index contributed by atoms with van der Waals surface area (Å²) in [5, 5.41) is 4.27. The number of halogens is 1. The van der Waals surface area contributed by atoms with E-state index < -0.39 is 15.8 Å². The minimum absolute atomic E-state index is 0.109. The van der Waals surface area contributed by atoms with Crippen molar-refractivity contribution in [1.29, 1.82) is 0 Å². The van der Waals surface area contributed by atoms with E-state index in [1.807, 2.05) is 4.57 Å². The van der Waals surface area contributed by atoms with Gasteiger partial charge in [0.05, 0.1) is 11.6 Å². The number of hydrogen-bond acceptors (Lipinski definition) is 5. The van der Waals surface area contributed by atoms with E-state index >= 15 is 0 Å². The molecule has 0 N–H and O–H groups in total. The molecule has 1 aromatic carbocycles. The Morgan fingerprint density at radius 3 is 2.46 bits per heavy atom. The van der Waals surface area contributed by atoms with Crippen molar-refractivity contribution >= 4 is 22.2 Å². The topological polar surface area (TPSA) is 63.4 Å². The standard InChI is InChI=1S/C16H20FN5O2S2/c1-2-7-20-12-18-22(16(20)25)13-19-8-10-21(11-9-19)26(23,24)15-5-3-14(17)4-6-15/h2-6,12H,1,7-11,13H2. The largest absolute Gasteiger partial charge is 0.303 e. The molecule has 0 bridgehead atoms. The predicted molar refractivity (Wildman–Crippen MR) is 98.0 cm³/mol. The van der Waals surface area contributed by atoms with Crippen molar-refractivity contribution in [3.8, 4) is 0 Å². The molecule has 10 heteroatoms. The van der Waals surface area contributed by atoms with Crippen LogP contribution in [0.3, 0.4) is 0 Å². The summed E-state index contributed by atoms with van der Waals surface area (Å²) in [4.78, 5) is 2.20. The summed E-state index contributed by atoms with van der Waals surface area (Å²) in [6.45, 7) is 6.65. The second-order valence-electron chi connectivity index (χ2n) is 5.97. The smallest absolute Gasteiger partial charge is 0.243 e. The second-order valence-corrected chi connectivity index (χ2v) is 8.27. The monoisotopic (exact) mass is 397 g/mol. The van der Waals surface area contributed by atoms with Gasteiger partial charge >= 0.3 is 0 Å². The van der Waals surface area contributed by atoms with E-state index in [0.717, 1.165) is 12.1 Å². The number of allylic oxidation sites excluding steroid dienone is 1. The molecule has 0 saturated carbocycles. The number of piperazine rings is 1. The highest BCUT2D eigenvalue weighted by atomic mass is 32.2. The van der Waals surface area contributed by atoms with Crippen molar-refractivity contribution in [2.24, 2.45) is 0 Å². The average Bonchev–Trinajstić information content (AvgIpc) is 2.96. The number of aromatic nitrogens is 3. The Labute approximate surface area is 157 Å². The molecule has 0 spiro atoms.